The maximum atomic E-state index is 7.27. The van der Waals surface area contributed by atoms with Crippen LogP contribution in [0.2, 0.25) is 0 Å². The van der Waals surface area contributed by atoms with Crippen LogP contribution in [0.3, 0.4) is 0 Å². The SMILES string of the molecule is Cc1nnc(Sc2nccc(C(=N)N)n2)s1. The van der Waals surface area contributed by atoms with Crippen molar-refractivity contribution >= 4 is 28.9 Å². The third-order valence-electron chi connectivity index (χ3n) is 1.60. The fourth-order valence-corrected chi connectivity index (χ4v) is 2.60. The highest BCUT2D eigenvalue weighted by Crippen LogP contribution is 2.26. The molecule has 0 atom stereocenters. The van der Waals surface area contributed by atoms with Crippen LogP contribution >= 0.6 is 23.1 Å². The summed E-state index contributed by atoms with van der Waals surface area (Å²) in [5.41, 5.74) is 5.75. The topological polar surface area (TPSA) is 101 Å². The van der Waals surface area contributed by atoms with Gasteiger partial charge in [0.05, 0.1) is 0 Å². The zero-order valence-electron chi connectivity index (χ0n) is 8.34. The van der Waals surface area contributed by atoms with E-state index < -0.39 is 0 Å². The Bertz CT molecular complexity index is 523. The lowest BCUT2D eigenvalue weighted by molar-refractivity contribution is 0.940. The van der Waals surface area contributed by atoms with Gasteiger partial charge in [-0.25, -0.2) is 9.97 Å². The van der Waals surface area contributed by atoms with Gasteiger partial charge < -0.3 is 5.73 Å². The van der Waals surface area contributed by atoms with Gasteiger partial charge >= 0.3 is 0 Å². The Kier molecular flexibility index (Phi) is 3.11. The number of nitrogens with zero attached hydrogens (tertiary/aromatic N) is 4. The first-order chi connectivity index (χ1) is 7.65. The maximum Gasteiger partial charge on any atom is 0.195 e. The largest absolute Gasteiger partial charge is 0.382 e. The number of amidine groups is 1. The summed E-state index contributed by atoms with van der Waals surface area (Å²) >= 11 is 2.78. The standard InChI is InChI=1S/C8H8N6S2/c1-4-13-14-8(15-4)16-7-11-3-2-5(12-7)6(9)10/h2-3H,1H3,(H3,9,10). The molecule has 82 valence electrons. The number of hydrogen-bond donors (Lipinski definition) is 2. The predicted molar refractivity (Wildman–Crippen MR) is 61.8 cm³/mol. The highest BCUT2D eigenvalue weighted by atomic mass is 32.2. The number of nitrogens with one attached hydrogen (secondary N) is 1. The molecule has 0 aromatic carbocycles. The fraction of sp³-hybridized carbons (Fsp3) is 0.125. The number of aromatic nitrogens is 4. The van der Waals surface area contributed by atoms with Gasteiger partial charge in [0.1, 0.15) is 16.5 Å². The van der Waals surface area contributed by atoms with E-state index in [0.717, 1.165) is 9.35 Å². The van der Waals surface area contributed by atoms with Crippen LogP contribution < -0.4 is 5.73 Å². The average molecular weight is 252 g/mol. The van der Waals surface area contributed by atoms with Crippen LogP contribution in [0.15, 0.2) is 21.8 Å². The Balaban J connectivity index is 2.21. The summed E-state index contributed by atoms with van der Waals surface area (Å²) in [6.07, 6.45) is 1.57. The van der Waals surface area contributed by atoms with Gasteiger partial charge in [0.15, 0.2) is 9.50 Å². The van der Waals surface area contributed by atoms with Gasteiger partial charge in [-0.05, 0) is 24.8 Å². The van der Waals surface area contributed by atoms with Gasteiger partial charge in [0.2, 0.25) is 0 Å². The van der Waals surface area contributed by atoms with Crippen molar-refractivity contribution in [2.75, 3.05) is 0 Å². The molecule has 0 bridgehead atoms. The molecule has 0 saturated carbocycles. The van der Waals surface area contributed by atoms with E-state index in [0.29, 0.717) is 10.9 Å². The second kappa shape index (κ2) is 4.54. The lowest BCUT2D eigenvalue weighted by atomic mass is 10.4. The molecule has 3 N–H and O–H groups in total. The highest BCUT2D eigenvalue weighted by Gasteiger charge is 2.07. The van der Waals surface area contributed by atoms with E-state index in [-0.39, 0.29) is 5.84 Å². The van der Waals surface area contributed by atoms with Gasteiger partial charge in [0, 0.05) is 6.20 Å². The van der Waals surface area contributed by atoms with E-state index in [9.17, 15) is 0 Å². The molecule has 2 rings (SSSR count). The van der Waals surface area contributed by atoms with Crippen molar-refractivity contribution in [2.45, 2.75) is 16.4 Å². The van der Waals surface area contributed by atoms with E-state index in [2.05, 4.69) is 20.2 Å². The van der Waals surface area contributed by atoms with Crippen molar-refractivity contribution in [2.24, 2.45) is 5.73 Å². The van der Waals surface area contributed by atoms with Gasteiger partial charge in [0.25, 0.3) is 0 Å². The van der Waals surface area contributed by atoms with Crippen molar-refractivity contribution in [3.8, 4) is 0 Å². The molecule has 0 radical (unpaired) electrons. The molecule has 2 aromatic rings. The predicted octanol–water partition coefficient (Wildman–Crippen LogP) is 1.07. The molecule has 2 heterocycles. The molecular formula is C8H8N6S2. The molecule has 0 aliphatic carbocycles. The summed E-state index contributed by atoms with van der Waals surface area (Å²) < 4.78 is 0.776. The number of rotatable bonds is 3. The van der Waals surface area contributed by atoms with Crippen LogP contribution in [-0.4, -0.2) is 26.0 Å². The summed E-state index contributed by atoms with van der Waals surface area (Å²) in [4.78, 5) is 8.18. The minimum atomic E-state index is -0.0716. The fourth-order valence-electron chi connectivity index (χ4n) is 0.938. The van der Waals surface area contributed by atoms with Crippen molar-refractivity contribution in [1.29, 1.82) is 5.41 Å². The summed E-state index contributed by atoms with van der Waals surface area (Å²) in [5, 5.41) is 16.5. The molecule has 0 spiro atoms. The smallest absolute Gasteiger partial charge is 0.195 e. The molecule has 2 aromatic heterocycles. The molecule has 0 fully saturated rings. The second-order valence-corrected chi connectivity index (χ2v) is 5.22. The summed E-state index contributed by atoms with van der Waals surface area (Å²) in [6, 6.07) is 1.59. The Morgan fingerprint density at radius 2 is 2.31 bits per heavy atom. The van der Waals surface area contributed by atoms with Gasteiger partial charge in [-0.2, -0.15) is 0 Å². The Morgan fingerprint density at radius 1 is 1.50 bits per heavy atom. The minimum absolute atomic E-state index is 0.0716. The lowest BCUT2D eigenvalue weighted by Gasteiger charge is -1.98. The van der Waals surface area contributed by atoms with Gasteiger partial charge in [-0.3, -0.25) is 5.41 Å². The number of aryl methyl sites for hydroxylation is 1. The van der Waals surface area contributed by atoms with Crippen molar-refractivity contribution < 1.29 is 0 Å². The second-order valence-electron chi connectivity index (χ2n) is 2.83. The molecule has 6 nitrogen and oxygen atoms in total. The van der Waals surface area contributed by atoms with Crippen molar-refractivity contribution in [3.63, 3.8) is 0 Å². The van der Waals surface area contributed by atoms with E-state index in [1.165, 1.54) is 23.1 Å². The van der Waals surface area contributed by atoms with Crippen LogP contribution in [0.5, 0.6) is 0 Å². The molecule has 0 saturated heterocycles. The van der Waals surface area contributed by atoms with Gasteiger partial charge in [-0.15, -0.1) is 10.2 Å². The minimum Gasteiger partial charge on any atom is -0.382 e. The number of nitrogen functional groups attached to an aromatic ring is 1. The van der Waals surface area contributed by atoms with Crippen LogP contribution in [0.25, 0.3) is 0 Å². The molecule has 16 heavy (non-hydrogen) atoms. The molecule has 8 heteroatoms. The lowest BCUT2D eigenvalue weighted by Crippen LogP contribution is -2.13. The van der Waals surface area contributed by atoms with E-state index in [1.54, 1.807) is 12.3 Å². The van der Waals surface area contributed by atoms with Crippen LogP contribution in [0.4, 0.5) is 0 Å². The normalized spacial score (nSPS) is 10.3. The van der Waals surface area contributed by atoms with Crippen LogP contribution in [0, 0.1) is 12.3 Å². The average Bonchev–Trinajstić information content (AvgIpc) is 2.64. The Hall–Kier alpha value is -1.54. The Morgan fingerprint density at radius 3 is 2.94 bits per heavy atom. The third-order valence-corrected chi connectivity index (χ3v) is 3.36. The number of hydrogen-bond acceptors (Lipinski definition) is 7. The Labute approximate surface area is 99.9 Å². The van der Waals surface area contributed by atoms with Crippen molar-refractivity contribution in [1.82, 2.24) is 20.2 Å². The zero-order chi connectivity index (χ0) is 11.5. The summed E-state index contributed by atoms with van der Waals surface area (Å²) in [5.74, 6) is -0.0716. The van der Waals surface area contributed by atoms with E-state index in [1.807, 2.05) is 6.92 Å². The number of nitrogens with two attached hydrogens (primary N) is 1. The third kappa shape index (κ3) is 2.52. The van der Waals surface area contributed by atoms with E-state index in [4.69, 9.17) is 11.1 Å². The highest BCUT2D eigenvalue weighted by molar-refractivity contribution is 8.00. The van der Waals surface area contributed by atoms with E-state index >= 15 is 0 Å². The van der Waals surface area contributed by atoms with Crippen LogP contribution in [-0.2, 0) is 0 Å². The van der Waals surface area contributed by atoms with Gasteiger partial charge in [-0.1, -0.05) is 11.3 Å². The monoisotopic (exact) mass is 252 g/mol. The summed E-state index contributed by atoms with van der Waals surface area (Å²) in [6.45, 7) is 1.88. The molecule has 0 amide bonds. The zero-order valence-corrected chi connectivity index (χ0v) is 9.97. The molecule has 0 aliphatic heterocycles. The molecule has 0 unspecified atom stereocenters. The first-order valence-corrected chi connectivity index (χ1v) is 5.94. The first-order valence-electron chi connectivity index (χ1n) is 4.30. The van der Waals surface area contributed by atoms with Crippen molar-refractivity contribution in [3.05, 3.63) is 23.0 Å². The quantitative estimate of drug-likeness (QED) is 0.481. The maximum absolute atomic E-state index is 7.27. The van der Waals surface area contributed by atoms with Crippen LogP contribution in [0.1, 0.15) is 10.7 Å². The molecular weight excluding hydrogens is 244 g/mol. The summed E-state index contributed by atoms with van der Waals surface area (Å²) in [7, 11) is 0. The molecule has 0 aliphatic rings. The first kappa shape index (κ1) is 11.0.